The van der Waals surface area contributed by atoms with Gasteiger partial charge in [0.25, 0.3) is 5.91 Å². The summed E-state index contributed by atoms with van der Waals surface area (Å²) >= 11 is 0. The van der Waals surface area contributed by atoms with Crippen molar-refractivity contribution in [3.63, 3.8) is 0 Å². The monoisotopic (exact) mass is 421 g/mol. The van der Waals surface area contributed by atoms with Crippen LogP contribution in [0, 0.1) is 5.92 Å². The summed E-state index contributed by atoms with van der Waals surface area (Å²) in [6, 6.07) is 11.2. The summed E-state index contributed by atoms with van der Waals surface area (Å²) in [5, 5.41) is 2.90. The molecule has 0 aliphatic carbocycles. The number of nitrogens with zero attached hydrogens (tertiary/aromatic N) is 4. The molecule has 1 aromatic carbocycles. The van der Waals surface area contributed by atoms with Crippen LogP contribution in [0.3, 0.4) is 0 Å². The number of hydrogen-bond donors (Lipinski definition) is 1. The van der Waals surface area contributed by atoms with Crippen LogP contribution < -0.4 is 10.2 Å². The number of carbonyl (C=O) groups excluding carboxylic acids is 2. The smallest absolute Gasteiger partial charge is 0.324 e. The average molecular weight is 422 g/mol. The van der Waals surface area contributed by atoms with E-state index in [0.717, 1.165) is 38.9 Å². The van der Waals surface area contributed by atoms with Crippen LogP contribution in [0.2, 0.25) is 0 Å². The Bertz CT molecular complexity index is 960. The molecule has 7 heteroatoms. The van der Waals surface area contributed by atoms with Crippen molar-refractivity contribution < 1.29 is 9.59 Å². The van der Waals surface area contributed by atoms with Crippen LogP contribution in [-0.2, 0) is 0 Å². The van der Waals surface area contributed by atoms with Crippen LogP contribution in [-0.4, -0.2) is 59.4 Å². The molecule has 2 aromatic rings. The molecule has 1 fully saturated rings. The fourth-order valence-corrected chi connectivity index (χ4v) is 4.29. The second-order valence-corrected chi connectivity index (χ2v) is 8.78. The molecular weight excluding hydrogens is 390 g/mol. The first-order valence-corrected chi connectivity index (χ1v) is 11.1. The third-order valence-corrected chi connectivity index (χ3v) is 6.39. The number of para-hydroxylation sites is 1. The zero-order chi connectivity index (χ0) is 22.0. The molecule has 2 aliphatic rings. The summed E-state index contributed by atoms with van der Waals surface area (Å²) in [6.07, 6.45) is 4.86. The van der Waals surface area contributed by atoms with E-state index in [4.69, 9.17) is 0 Å². The maximum Gasteiger partial charge on any atom is 0.330 e. The number of benzene rings is 1. The molecule has 1 unspecified atom stereocenters. The van der Waals surface area contributed by atoms with Crippen LogP contribution in [0.4, 0.5) is 22.0 Å². The number of carbonyl (C=O) groups is 2. The minimum absolute atomic E-state index is 0.120. The number of anilines is 3. The lowest BCUT2D eigenvalue weighted by molar-refractivity contribution is 0.102. The topological polar surface area (TPSA) is 68.8 Å². The molecule has 164 valence electrons. The molecule has 1 aromatic heterocycles. The number of amides is 3. The zero-order valence-corrected chi connectivity index (χ0v) is 18.5. The first kappa shape index (κ1) is 21.3. The minimum atomic E-state index is -0.228. The van der Waals surface area contributed by atoms with E-state index >= 15 is 0 Å². The van der Waals surface area contributed by atoms with Gasteiger partial charge >= 0.3 is 6.03 Å². The van der Waals surface area contributed by atoms with E-state index in [-0.39, 0.29) is 11.9 Å². The molecule has 1 saturated heterocycles. The number of piperidine rings is 1. The number of aromatic nitrogens is 1. The lowest BCUT2D eigenvalue weighted by Gasteiger charge is -2.37. The third-order valence-electron chi connectivity index (χ3n) is 6.39. The quantitative estimate of drug-likeness (QED) is 0.797. The lowest BCUT2D eigenvalue weighted by atomic mass is 9.94. The molecule has 1 N–H and O–H groups in total. The summed E-state index contributed by atoms with van der Waals surface area (Å²) in [4.78, 5) is 36.9. The van der Waals surface area contributed by atoms with Gasteiger partial charge in [-0.1, -0.05) is 12.1 Å². The second-order valence-electron chi connectivity index (χ2n) is 8.78. The van der Waals surface area contributed by atoms with E-state index in [1.807, 2.05) is 23.1 Å². The Morgan fingerprint density at radius 3 is 2.87 bits per heavy atom. The van der Waals surface area contributed by atoms with Crippen LogP contribution in [0.5, 0.6) is 0 Å². The van der Waals surface area contributed by atoms with Crippen LogP contribution in [0.25, 0.3) is 0 Å². The minimum Gasteiger partial charge on any atom is -0.324 e. The van der Waals surface area contributed by atoms with Gasteiger partial charge in [-0.3, -0.25) is 4.79 Å². The maximum absolute atomic E-state index is 13.8. The summed E-state index contributed by atoms with van der Waals surface area (Å²) in [7, 11) is 2.15. The predicted molar refractivity (Wildman–Crippen MR) is 123 cm³/mol. The van der Waals surface area contributed by atoms with Crippen LogP contribution >= 0.6 is 0 Å². The Kier molecular flexibility index (Phi) is 6.23. The van der Waals surface area contributed by atoms with Crippen molar-refractivity contribution in [1.82, 2.24) is 14.8 Å². The normalized spacial score (nSPS) is 18.5. The third kappa shape index (κ3) is 4.42. The van der Waals surface area contributed by atoms with Gasteiger partial charge in [0.05, 0.1) is 16.9 Å². The summed E-state index contributed by atoms with van der Waals surface area (Å²) in [5.41, 5.74) is 1.59. The molecule has 7 nitrogen and oxygen atoms in total. The highest BCUT2D eigenvalue weighted by Gasteiger charge is 2.34. The van der Waals surface area contributed by atoms with Crippen LogP contribution in [0.15, 0.2) is 42.6 Å². The Hall–Kier alpha value is -2.93. The molecule has 0 spiro atoms. The van der Waals surface area contributed by atoms with E-state index in [1.165, 1.54) is 0 Å². The number of rotatable bonds is 4. The highest BCUT2D eigenvalue weighted by atomic mass is 16.2. The van der Waals surface area contributed by atoms with Crippen molar-refractivity contribution in [3.05, 3.63) is 48.2 Å². The van der Waals surface area contributed by atoms with Gasteiger partial charge in [0.2, 0.25) is 0 Å². The van der Waals surface area contributed by atoms with Gasteiger partial charge in [-0.25, -0.2) is 14.7 Å². The maximum atomic E-state index is 13.8. The summed E-state index contributed by atoms with van der Waals surface area (Å²) in [6.45, 7) is 6.88. The van der Waals surface area contributed by atoms with Crippen LogP contribution in [0.1, 0.15) is 43.5 Å². The first-order valence-electron chi connectivity index (χ1n) is 11.1. The number of hydrogen-bond acceptors (Lipinski definition) is 4. The van der Waals surface area contributed by atoms with Crippen molar-refractivity contribution in [2.45, 2.75) is 39.2 Å². The van der Waals surface area contributed by atoms with Gasteiger partial charge in [0, 0.05) is 25.3 Å². The zero-order valence-electron chi connectivity index (χ0n) is 18.5. The molecule has 0 radical (unpaired) electrons. The highest BCUT2D eigenvalue weighted by Crippen LogP contribution is 2.37. The molecule has 1 atom stereocenters. The summed E-state index contributed by atoms with van der Waals surface area (Å²) < 4.78 is 0. The Labute approximate surface area is 184 Å². The highest BCUT2D eigenvalue weighted by molar-refractivity contribution is 6.16. The number of likely N-dealkylation sites (tertiary alicyclic amines) is 1. The predicted octanol–water partition coefficient (Wildman–Crippen LogP) is 4.35. The number of urea groups is 1. The number of nitrogens with one attached hydrogen (secondary N) is 1. The Morgan fingerprint density at radius 2 is 2.06 bits per heavy atom. The van der Waals surface area contributed by atoms with Gasteiger partial charge in [-0.2, -0.15) is 0 Å². The molecular formula is C24H31N5O2. The van der Waals surface area contributed by atoms with E-state index in [2.05, 4.69) is 36.1 Å². The number of fused-ring (bicyclic) bond motifs is 2. The SMILES string of the molecule is CC(C)N(C)CCC1CCCN(C(=O)N2c3ccccc3C(=O)Nc3cccnc32)C1. The van der Waals surface area contributed by atoms with Gasteiger partial charge in [0.15, 0.2) is 5.82 Å². The first-order chi connectivity index (χ1) is 15.0. The molecule has 4 rings (SSSR count). The van der Waals surface area contributed by atoms with Crippen molar-refractivity contribution in [2.75, 3.05) is 36.9 Å². The van der Waals surface area contributed by atoms with Gasteiger partial charge < -0.3 is 15.1 Å². The molecule has 3 heterocycles. The summed E-state index contributed by atoms with van der Waals surface area (Å²) in [5.74, 6) is 0.713. The molecule has 0 bridgehead atoms. The second kappa shape index (κ2) is 9.06. The van der Waals surface area contributed by atoms with Gasteiger partial charge in [0.1, 0.15) is 0 Å². The lowest BCUT2D eigenvalue weighted by Crippen LogP contribution is -2.47. The Morgan fingerprint density at radius 1 is 1.26 bits per heavy atom. The van der Waals surface area contributed by atoms with Gasteiger partial charge in [-0.05, 0) is 76.9 Å². The molecule has 2 aliphatic heterocycles. The average Bonchev–Trinajstić information content (AvgIpc) is 2.91. The molecule has 0 saturated carbocycles. The van der Waals surface area contributed by atoms with Crippen molar-refractivity contribution in [2.24, 2.45) is 5.92 Å². The van der Waals surface area contributed by atoms with E-state index in [9.17, 15) is 9.59 Å². The van der Waals surface area contributed by atoms with E-state index in [1.54, 1.807) is 29.3 Å². The molecule has 31 heavy (non-hydrogen) atoms. The Balaban J connectivity index is 1.60. The fraction of sp³-hybridized carbons (Fsp3) is 0.458. The standard InChI is InChI=1S/C24H31N5O2/c1-17(2)27(3)15-12-18-8-7-14-28(16-18)24(31)29-21-11-5-4-9-19(21)23(30)26-20-10-6-13-25-22(20)29/h4-6,9-11,13,17-18H,7-8,12,14-16H2,1-3H3,(H,26,30). The number of pyridine rings is 1. The van der Waals surface area contributed by atoms with Crippen molar-refractivity contribution >= 4 is 29.1 Å². The fourth-order valence-electron chi connectivity index (χ4n) is 4.29. The van der Waals surface area contributed by atoms with Crippen molar-refractivity contribution in [1.29, 1.82) is 0 Å². The largest absolute Gasteiger partial charge is 0.330 e. The molecule has 3 amide bonds. The van der Waals surface area contributed by atoms with E-state index < -0.39 is 0 Å². The van der Waals surface area contributed by atoms with Crippen molar-refractivity contribution in [3.8, 4) is 0 Å². The van der Waals surface area contributed by atoms with E-state index in [0.29, 0.717) is 34.7 Å². The van der Waals surface area contributed by atoms with Gasteiger partial charge in [-0.15, -0.1) is 0 Å².